The maximum absolute atomic E-state index is 12.6. The molecule has 1 saturated heterocycles. The van der Waals surface area contributed by atoms with E-state index in [0.29, 0.717) is 12.3 Å². The van der Waals surface area contributed by atoms with E-state index in [0.717, 1.165) is 16.9 Å². The van der Waals surface area contributed by atoms with Crippen molar-refractivity contribution in [3.8, 4) is 5.75 Å². The summed E-state index contributed by atoms with van der Waals surface area (Å²) in [5.41, 5.74) is 5.15. The Kier molecular flexibility index (Phi) is 4.89. The number of rotatable bonds is 5. The van der Waals surface area contributed by atoms with Gasteiger partial charge in [-0.15, -0.1) is 0 Å². The van der Waals surface area contributed by atoms with Crippen LogP contribution in [0.25, 0.3) is 6.08 Å². The molecule has 0 radical (unpaired) electrons. The number of hydrazine groups is 1. The minimum absolute atomic E-state index is 0.0989. The number of carbonyl (C=O) groups is 2. The molecule has 1 aliphatic heterocycles. The first-order chi connectivity index (χ1) is 13.7. The van der Waals surface area contributed by atoms with Gasteiger partial charge in [0, 0.05) is 0 Å². The number of benzene rings is 3. The van der Waals surface area contributed by atoms with Gasteiger partial charge in [-0.2, -0.15) is 0 Å². The molecule has 1 fully saturated rings. The fourth-order valence-corrected chi connectivity index (χ4v) is 2.88. The average Bonchev–Trinajstić information content (AvgIpc) is 3.03. The SMILES string of the molecule is O=C1NN(c2ccccc2)C(=O)/C1=C\c1ccc(OCc2ccccc2)cc1. The zero-order valence-corrected chi connectivity index (χ0v) is 15.0. The van der Waals surface area contributed by atoms with Gasteiger partial charge in [-0.05, 0) is 41.5 Å². The number of ether oxygens (including phenoxy) is 1. The van der Waals surface area contributed by atoms with Crippen LogP contribution in [0.15, 0.2) is 90.5 Å². The Balaban J connectivity index is 1.46. The third kappa shape index (κ3) is 3.78. The molecule has 1 heterocycles. The summed E-state index contributed by atoms with van der Waals surface area (Å²) < 4.78 is 5.76. The zero-order chi connectivity index (χ0) is 19.3. The molecule has 0 aromatic heterocycles. The molecule has 1 aliphatic rings. The lowest BCUT2D eigenvalue weighted by Gasteiger charge is -2.13. The molecule has 138 valence electrons. The summed E-state index contributed by atoms with van der Waals surface area (Å²) >= 11 is 0. The summed E-state index contributed by atoms with van der Waals surface area (Å²) in [5.74, 6) is -0.0713. The quantitative estimate of drug-likeness (QED) is 0.550. The molecule has 2 amide bonds. The van der Waals surface area contributed by atoms with Crippen molar-refractivity contribution < 1.29 is 14.3 Å². The number of carbonyl (C=O) groups excluding carboxylic acids is 2. The van der Waals surface area contributed by atoms with Gasteiger partial charge in [-0.3, -0.25) is 15.0 Å². The van der Waals surface area contributed by atoms with Gasteiger partial charge in [0.2, 0.25) is 0 Å². The fourth-order valence-electron chi connectivity index (χ4n) is 2.88. The highest BCUT2D eigenvalue weighted by molar-refractivity contribution is 6.31. The molecule has 0 aliphatic carbocycles. The largest absolute Gasteiger partial charge is 0.489 e. The first-order valence-electron chi connectivity index (χ1n) is 8.90. The number of hydrogen-bond acceptors (Lipinski definition) is 3. The molecule has 1 N–H and O–H groups in total. The maximum Gasteiger partial charge on any atom is 0.282 e. The number of nitrogens with zero attached hydrogens (tertiary/aromatic N) is 1. The Morgan fingerprint density at radius 1 is 0.821 bits per heavy atom. The highest BCUT2D eigenvalue weighted by Gasteiger charge is 2.34. The third-order valence-corrected chi connectivity index (χ3v) is 4.35. The highest BCUT2D eigenvalue weighted by Crippen LogP contribution is 2.22. The van der Waals surface area contributed by atoms with Crippen LogP contribution in [0.4, 0.5) is 5.69 Å². The van der Waals surface area contributed by atoms with Gasteiger partial charge in [-0.25, -0.2) is 5.01 Å². The second kappa shape index (κ2) is 7.80. The normalized spacial score (nSPS) is 15.0. The molecule has 0 saturated carbocycles. The molecule has 3 aromatic carbocycles. The lowest BCUT2D eigenvalue weighted by Crippen LogP contribution is -2.35. The molecule has 5 nitrogen and oxygen atoms in total. The van der Waals surface area contributed by atoms with Crippen LogP contribution < -0.4 is 15.2 Å². The van der Waals surface area contributed by atoms with Crippen LogP contribution in [0.2, 0.25) is 0 Å². The highest BCUT2D eigenvalue weighted by atomic mass is 16.5. The molecule has 0 bridgehead atoms. The lowest BCUT2D eigenvalue weighted by molar-refractivity contribution is -0.117. The zero-order valence-electron chi connectivity index (χ0n) is 15.0. The summed E-state index contributed by atoms with van der Waals surface area (Å²) in [6.45, 7) is 0.480. The van der Waals surface area contributed by atoms with E-state index in [4.69, 9.17) is 4.74 Å². The van der Waals surface area contributed by atoms with Gasteiger partial charge in [-0.1, -0.05) is 60.7 Å². The Morgan fingerprint density at radius 2 is 1.46 bits per heavy atom. The molecule has 3 aromatic rings. The minimum atomic E-state index is -0.418. The average molecular weight is 370 g/mol. The topological polar surface area (TPSA) is 58.6 Å². The number of nitrogens with one attached hydrogen (secondary N) is 1. The van der Waals surface area contributed by atoms with Crippen LogP contribution in [-0.4, -0.2) is 11.8 Å². The van der Waals surface area contributed by atoms with E-state index in [1.165, 1.54) is 5.01 Å². The number of para-hydroxylation sites is 1. The van der Waals surface area contributed by atoms with Gasteiger partial charge >= 0.3 is 0 Å². The molecule has 0 atom stereocenters. The molecule has 5 heteroatoms. The van der Waals surface area contributed by atoms with Crippen molar-refractivity contribution in [2.75, 3.05) is 5.01 Å². The van der Waals surface area contributed by atoms with Crippen molar-refractivity contribution in [3.05, 3.63) is 102 Å². The van der Waals surface area contributed by atoms with Crippen molar-refractivity contribution >= 4 is 23.6 Å². The standard InChI is InChI=1S/C23H18N2O3/c26-22-21(23(27)25(24-22)19-9-5-2-6-10-19)15-17-11-13-20(14-12-17)28-16-18-7-3-1-4-8-18/h1-15H,16H2,(H,24,26)/b21-15-. The van der Waals surface area contributed by atoms with Crippen LogP contribution in [0.1, 0.15) is 11.1 Å². The van der Waals surface area contributed by atoms with Crippen LogP contribution >= 0.6 is 0 Å². The van der Waals surface area contributed by atoms with Gasteiger partial charge < -0.3 is 4.74 Å². The lowest BCUT2D eigenvalue weighted by atomic mass is 10.1. The van der Waals surface area contributed by atoms with Gasteiger partial charge in [0.1, 0.15) is 17.9 Å². The molecule has 4 rings (SSSR count). The minimum Gasteiger partial charge on any atom is -0.489 e. The Bertz CT molecular complexity index is 1010. The van der Waals surface area contributed by atoms with Crippen LogP contribution in [-0.2, 0) is 16.2 Å². The Labute approximate surface area is 162 Å². The molecular weight excluding hydrogens is 352 g/mol. The summed E-state index contributed by atoms with van der Waals surface area (Å²) in [7, 11) is 0. The van der Waals surface area contributed by atoms with E-state index >= 15 is 0 Å². The smallest absolute Gasteiger partial charge is 0.282 e. The summed E-state index contributed by atoms with van der Waals surface area (Å²) in [6, 6.07) is 26.2. The second-order valence-corrected chi connectivity index (χ2v) is 6.32. The van der Waals surface area contributed by atoms with Crippen molar-refractivity contribution in [1.29, 1.82) is 0 Å². The summed E-state index contributed by atoms with van der Waals surface area (Å²) in [6.07, 6.45) is 1.58. The summed E-state index contributed by atoms with van der Waals surface area (Å²) in [4.78, 5) is 24.8. The number of anilines is 1. The van der Waals surface area contributed by atoms with E-state index in [1.807, 2.05) is 72.8 Å². The van der Waals surface area contributed by atoms with E-state index in [1.54, 1.807) is 18.2 Å². The molecule has 0 spiro atoms. The van der Waals surface area contributed by atoms with E-state index in [2.05, 4.69) is 5.43 Å². The van der Waals surface area contributed by atoms with E-state index < -0.39 is 5.91 Å². The monoisotopic (exact) mass is 370 g/mol. The maximum atomic E-state index is 12.6. The van der Waals surface area contributed by atoms with Crippen molar-refractivity contribution in [3.63, 3.8) is 0 Å². The fraction of sp³-hybridized carbons (Fsp3) is 0.0435. The van der Waals surface area contributed by atoms with Gasteiger partial charge in [0.25, 0.3) is 11.8 Å². The first-order valence-corrected chi connectivity index (χ1v) is 8.90. The van der Waals surface area contributed by atoms with Gasteiger partial charge in [0.05, 0.1) is 5.69 Å². The van der Waals surface area contributed by atoms with Crippen LogP contribution in [0.3, 0.4) is 0 Å². The molecular formula is C23H18N2O3. The first kappa shape index (κ1) is 17.5. The Morgan fingerprint density at radius 3 is 2.14 bits per heavy atom. The van der Waals surface area contributed by atoms with Crippen molar-refractivity contribution in [1.82, 2.24) is 5.43 Å². The van der Waals surface area contributed by atoms with E-state index in [-0.39, 0.29) is 11.5 Å². The molecule has 28 heavy (non-hydrogen) atoms. The second-order valence-electron chi connectivity index (χ2n) is 6.32. The van der Waals surface area contributed by atoms with Crippen molar-refractivity contribution in [2.45, 2.75) is 6.61 Å². The van der Waals surface area contributed by atoms with Crippen LogP contribution in [0.5, 0.6) is 5.75 Å². The summed E-state index contributed by atoms with van der Waals surface area (Å²) in [5, 5.41) is 1.26. The molecule has 0 unspecified atom stereocenters. The van der Waals surface area contributed by atoms with Crippen LogP contribution in [0, 0.1) is 0 Å². The Hall–Kier alpha value is -3.86. The predicted molar refractivity (Wildman–Crippen MR) is 107 cm³/mol. The predicted octanol–water partition coefficient (Wildman–Crippen LogP) is 3.73. The number of amides is 2. The van der Waals surface area contributed by atoms with E-state index in [9.17, 15) is 9.59 Å². The van der Waals surface area contributed by atoms with Crippen molar-refractivity contribution in [2.24, 2.45) is 0 Å². The number of hydrogen-bond donors (Lipinski definition) is 1. The third-order valence-electron chi connectivity index (χ3n) is 4.35. The van der Waals surface area contributed by atoms with Gasteiger partial charge in [0.15, 0.2) is 0 Å².